The monoisotopic (exact) mass is 264 g/mol. The number of fused-ring (bicyclic) bond motifs is 1. The number of hydrogen-bond acceptors (Lipinski definition) is 4. The predicted octanol–water partition coefficient (Wildman–Crippen LogP) is 2.27. The van der Waals surface area contributed by atoms with Crippen LogP contribution < -0.4 is 5.73 Å². The first-order valence-corrected chi connectivity index (χ1v) is 6.35. The molecular weight excluding hydrogens is 244 g/mol. The van der Waals surface area contributed by atoms with E-state index in [2.05, 4.69) is 0 Å². The Kier molecular flexibility index (Phi) is 3.30. The number of anilines is 1. The fraction of sp³-hybridized carbons (Fsp3) is 0.500. The minimum atomic E-state index is -0.495. The van der Waals surface area contributed by atoms with E-state index in [1.807, 2.05) is 20.8 Å². The molecule has 1 amide bonds. The molecule has 0 unspecified atom stereocenters. The molecule has 2 rings (SSSR count). The van der Waals surface area contributed by atoms with Gasteiger partial charge in [0.05, 0.1) is 5.69 Å². The Morgan fingerprint density at radius 2 is 2.11 bits per heavy atom. The summed E-state index contributed by atoms with van der Waals surface area (Å²) >= 11 is 0. The summed E-state index contributed by atoms with van der Waals surface area (Å²) in [5, 5.41) is 9.57. The van der Waals surface area contributed by atoms with E-state index < -0.39 is 5.60 Å². The molecule has 0 radical (unpaired) electrons. The van der Waals surface area contributed by atoms with Crippen LogP contribution >= 0.6 is 0 Å². The fourth-order valence-corrected chi connectivity index (χ4v) is 2.15. The van der Waals surface area contributed by atoms with E-state index >= 15 is 0 Å². The van der Waals surface area contributed by atoms with Crippen molar-refractivity contribution < 1.29 is 14.6 Å². The van der Waals surface area contributed by atoms with E-state index in [-0.39, 0.29) is 11.8 Å². The van der Waals surface area contributed by atoms with Gasteiger partial charge in [-0.05, 0) is 44.4 Å². The zero-order valence-electron chi connectivity index (χ0n) is 11.6. The second-order valence-electron chi connectivity index (χ2n) is 5.79. The van der Waals surface area contributed by atoms with Crippen LogP contribution in [-0.4, -0.2) is 28.2 Å². The van der Waals surface area contributed by atoms with Crippen molar-refractivity contribution in [2.24, 2.45) is 0 Å². The molecule has 0 aromatic heterocycles. The molecule has 0 saturated heterocycles. The van der Waals surface area contributed by atoms with Gasteiger partial charge in [-0.25, -0.2) is 4.79 Å². The summed E-state index contributed by atoms with van der Waals surface area (Å²) in [5.41, 5.74) is 7.66. The highest BCUT2D eigenvalue weighted by Gasteiger charge is 2.26. The maximum atomic E-state index is 12.0. The van der Waals surface area contributed by atoms with Crippen LogP contribution in [-0.2, 0) is 17.7 Å². The highest BCUT2D eigenvalue weighted by Crippen LogP contribution is 2.31. The third-order valence-corrected chi connectivity index (χ3v) is 3.08. The smallest absolute Gasteiger partial charge is 0.410 e. The van der Waals surface area contributed by atoms with E-state index in [9.17, 15) is 9.90 Å². The Bertz CT molecular complexity index is 506. The van der Waals surface area contributed by atoms with Crippen molar-refractivity contribution in [2.75, 3.05) is 12.3 Å². The minimum Gasteiger partial charge on any atom is -0.506 e. The number of amides is 1. The van der Waals surface area contributed by atoms with E-state index in [0.29, 0.717) is 25.2 Å². The van der Waals surface area contributed by atoms with Crippen LogP contribution in [0, 0.1) is 0 Å². The number of nitrogens with two attached hydrogens (primary N) is 1. The number of aromatic hydroxyl groups is 1. The van der Waals surface area contributed by atoms with Crippen LogP contribution in [0.15, 0.2) is 12.1 Å². The normalized spacial score (nSPS) is 15.0. The summed E-state index contributed by atoms with van der Waals surface area (Å²) in [4.78, 5) is 13.7. The molecular formula is C14H20N2O3. The summed E-state index contributed by atoms with van der Waals surface area (Å²) < 4.78 is 5.35. The molecule has 0 saturated carbocycles. The Balaban J connectivity index is 2.15. The lowest BCUT2D eigenvalue weighted by Gasteiger charge is -2.31. The van der Waals surface area contributed by atoms with Gasteiger partial charge in [0.15, 0.2) is 0 Å². The highest BCUT2D eigenvalue weighted by molar-refractivity contribution is 5.70. The first kappa shape index (κ1) is 13.5. The zero-order valence-corrected chi connectivity index (χ0v) is 11.6. The second kappa shape index (κ2) is 4.64. The molecule has 0 fully saturated rings. The highest BCUT2D eigenvalue weighted by atomic mass is 16.6. The van der Waals surface area contributed by atoms with Gasteiger partial charge in [-0.1, -0.05) is 6.07 Å². The van der Waals surface area contributed by atoms with Gasteiger partial charge in [0, 0.05) is 13.1 Å². The van der Waals surface area contributed by atoms with E-state index in [0.717, 1.165) is 11.1 Å². The molecule has 1 heterocycles. The number of nitrogen functional groups attached to an aromatic ring is 1. The number of rotatable bonds is 0. The molecule has 104 valence electrons. The number of phenolic OH excluding ortho intramolecular Hbond substituents is 1. The summed E-state index contributed by atoms with van der Waals surface area (Å²) in [6.45, 7) is 6.56. The summed E-state index contributed by atoms with van der Waals surface area (Å²) in [5.74, 6) is 0.101. The quantitative estimate of drug-likeness (QED) is 0.556. The lowest BCUT2D eigenvalue weighted by molar-refractivity contribution is 0.0224. The fourth-order valence-electron chi connectivity index (χ4n) is 2.15. The minimum absolute atomic E-state index is 0.101. The Morgan fingerprint density at radius 1 is 1.42 bits per heavy atom. The molecule has 5 nitrogen and oxygen atoms in total. The van der Waals surface area contributed by atoms with Crippen molar-refractivity contribution >= 4 is 11.8 Å². The lowest BCUT2D eigenvalue weighted by Crippen LogP contribution is -2.40. The number of ether oxygens (including phenoxy) is 1. The molecule has 0 spiro atoms. The van der Waals surface area contributed by atoms with Crippen molar-refractivity contribution in [3.63, 3.8) is 0 Å². The summed E-state index contributed by atoms with van der Waals surface area (Å²) in [6, 6.07) is 3.37. The van der Waals surface area contributed by atoms with E-state index in [1.54, 1.807) is 17.0 Å². The van der Waals surface area contributed by atoms with Crippen LogP contribution in [0.3, 0.4) is 0 Å². The van der Waals surface area contributed by atoms with Crippen molar-refractivity contribution in [2.45, 2.75) is 39.3 Å². The van der Waals surface area contributed by atoms with Crippen LogP contribution in [0.5, 0.6) is 5.75 Å². The topological polar surface area (TPSA) is 75.8 Å². The molecule has 0 atom stereocenters. The SMILES string of the molecule is CC(C)(C)OC(=O)N1CCc2c(ccc(O)c2N)C1. The van der Waals surface area contributed by atoms with Crippen molar-refractivity contribution in [3.05, 3.63) is 23.3 Å². The van der Waals surface area contributed by atoms with Gasteiger partial charge in [0.2, 0.25) is 0 Å². The predicted molar refractivity (Wildman–Crippen MR) is 72.9 cm³/mol. The van der Waals surface area contributed by atoms with Crippen molar-refractivity contribution in [1.82, 2.24) is 4.90 Å². The molecule has 1 aromatic rings. The van der Waals surface area contributed by atoms with Gasteiger partial charge in [-0.2, -0.15) is 0 Å². The van der Waals surface area contributed by atoms with Gasteiger partial charge in [0.25, 0.3) is 0 Å². The average molecular weight is 264 g/mol. The molecule has 0 bridgehead atoms. The van der Waals surface area contributed by atoms with Crippen LogP contribution in [0.4, 0.5) is 10.5 Å². The third-order valence-electron chi connectivity index (χ3n) is 3.08. The summed E-state index contributed by atoms with van der Waals surface area (Å²) in [7, 11) is 0. The molecule has 3 N–H and O–H groups in total. The number of hydrogen-bond donors (Lipinski definition) is 2. The zero-order chi connectivity index (χ0) is 14.2. The summed E-state index contributed by atoms with van der Waals surface area (Å²) in [6.07, 6.45) is 0.319. The largest absolute Gasteiger partial charge is 0.506 e. The van der Waals surface area contributed by atoms with Gasteiger partial charge >= 0.3 is 6.09 Å². The standard InChI is InChI=1S/C14H20N2O3/c1-14(2,3)19-13(18)16-7-6-10-9(8-16)4-5-11(17)12(10)15/h4-5,17H,6-8,15H2,1-3H3. The van der Waals surface area contributed by atoms with Crippen LogP contribution in [0.1, 0.15) is 31.9 Å². The number of phenols is 1. The lowest BCUT2D eigenvalue weighted by atomic mass is 9.97. The molecule has 19 heavy (non-hydrogen) atoms. The molecule has 5 heteroatoms. The Hall–Kier alpha value is -1.91. The van der Waals surface area contributed by atoms with Crippen molar-refractivity contribution in [3.8, 4) is 5.75 Å². The van der Waals surface area contributed by atoms with Gasteiger partial charge in [-0.3, -0.25) is 0 Å². The Morgan fingerprint density at radius 3 is 2.74 bits per heavy atom. The molecule has 1 aliphatic rings. The maximum absolute atomic E-state index is 12.0. The van der Waals surface area contributed by atoms with Crippen molar-refractivity contribution in [1.29, 1.82) is 0 Å². The Labute approximate surface area is 113 Å². The molecule has 0 aliphatic carbocycles. The number of benzene rings is 1. The van der Waals surface area contributed by atoms with E-state index in [4.69, 9.17) is 10.5 Å². The number of carbonyl (C=O) groups excluding carboxylic acids is 1. The maximum Gasteiger partial charge on any atom is 0.410 e. The second-order valence-corrected chi connectivity index (χ2v) is 5.79. The van der Waals surface area contributed by atoms with Gasteiger partial charge < -0.3 is 20.5 Å². The average Bonchev–Trinajstić information content (AvgIpc) is 2.31. The third kappa shape index (κ3) is 2.92. The number of carbonyl (C=O) groups is 1. The molecule has 1 aliphatic heterocycles. The van der Waals surface area contributed by atoms with Crippen LogP contribution in [0.25, 0.3) is 0 Å². The first-order valence-electron chi connectivity index (χ1n) is 6.35. The first-order chi connectivity index (χ1) is 8.78. The van der Waals surface area contributed by atoms with Gasteiger partial charge in [-0.15, -0.1) is 0 Å². The van der Waals surface area contributed by atoms with E-state index in [1.165, 1.54) is 0 Å². The van der Waals surface area contributed by atoms with Crippen LogP contribution in [0.2, 0.25) is 0 Å². The number of nitrogens with zero attached hydrogens (tertiary/aromatic N) is 1. The molecule has 1 aromatic carbocycles. The van der Waals surface area contributed by atoms with Gasteiger partial charge in [0.1, 0.15) is 11.4 Å².